The summed E-state index contributed by atoms with van der Waals surface area (Å²) in [5, 5.41) is 6.36. The van der Waals surface area contributed by atoms with Crippen molar-refractivity contribution in [2.45, 2.75) is 57.5 Å². The molecule has 0 saturated heterocycles. The molecule has 5 heteroatoms. The van der Waals surface area contributed by atoms with E-state index < -0.39 is 8.32 Å². The first-order chi connectivity index (χ1) is 23.4. The highest BCUT2D eigenvalue weighted by Gasteiger charge is 2.52. The number of fused-ring (bicyclic) bond motifs is 1. The average molecular weight is 649 g/mol. The Morgan fingerprint density at radius 3 is 1.92 bits per heavy atom. The first-order valence-electron chi connectivity index (χ1n) is 17.2. The molecule has 1 atom stereocenters. The van der Waals surface area contributed by atoms with E-state index in [2.05, 4.69) is 129 Å². The van der Waals surface area contributed by atoms with Crippen molar-refractivity contribution in [2.24, 2.45) is 0 Å². The second kappa shape index (κ2) is 13.8. The third-order valence-corrected chi connectivity index (χ3v) is 14.6. The van der Waals surface area contributed by atoms with E-state index in [-0.39, 0.29) is 11.1 Å². The Labute approximate surface area is 286 Å². The molecule has 0 spiro atoms. The molecular formula is C43H44N2O2Si. The summed E-state index contributed by atoms with van der Waals surface area (Å²) in [5.41, 5.74) is 5.68. The van der Waals surface area contributed by atoms with E-state index in [9.17, 15) is 0 Å². The molecule has 0 fully saturated rings. The van der Waals surface area contributed by atoms with E-state index in [1.54, 1.807) is 0 Å². The van der Waals surface area contributed by atoms with Crippen LogP contribution in [-0.2, 0) is 12.8 Å². The lowest BCUT2D eigenvalue weighted by Crippen LogP contribution is -2.69. The number of oxazole rings is 1. The third kappa shape index (κ3) is 6.28. The van der Waals surface area contributed by atoms with Crippen LogP contribution in [0.3, 0.4) is 0 Å². The lowest BCUT2D eigenvalue weighted by atomic mass is 9.87. The van der Waals surface area contributed by atoms with Crippen LogP contribution >= 0.6 is 0 Å². The van der Waals surface area contributed by atoms with Crippen LogP contribution in [0.1, 0.15) is 56.7 Å². The summed E-state index contributed by atoms with van der Waals surface area (Å²) in [4.78, 5) is 5.00. The van der Waals surface area contributed by atoms with Gasteiger partial charge in [-0.1, -0.05) is 154 Å². The molecule has 6 aromatic rings. The summed E-state index contributed by atoms with van der Waals surface area (Å²) < 4.78 is 14.0. The Balaban J connectivity index is 1.16. The van der Waals surface area contributed by atoms with Crippen molar-refractivity contribution in [3.05, 3.63) is 157 Å². The second-order valence-electron chi connectivity index (χ2n) is 13.8. The van der Waals surface area contributed by atoms with E-state index in [4.69, 9.17) is 13.8 Å². The zero-order valence-corrected chi connectivity index (χ0v) is 29.2. The van der Waals surface area contributed by atoms with Gasteiger partial charge in [-0.25, -0.2) is 4.98 Å². The molecule has 0 saturated carbocycles. The number of benzene rings is 5. The molecule has 0 aliphatic heterocycles. The Kier molecular flexibility index (Phi) is 9.16. The molecule has 0 amide bonds. The summed E-state index contributed by atoms with van der Waals surface area (Å²) in [7, 11) is -2.74. The highest BCUT2D eigenvalue weighted by Crippen LogP contribution is 2.42. The van der Waals surface area contributed by atoms with E-state index in [1.807, 2.05) is 36.4 Å². The number of hydrogen-bond donors (Lipinski definition) is 1. The van der Waals surface area contributed by atoms with Gasteiger partial charge in [-0.05, 0) is 51.9 Å². The molecule has 1 aromatic heterocycles. The average Bonchev–Trinajstić information content (AvgIpc) is 3.56. The summed E-state index contributed by atoms with van der Waals surface area (Å²) in [6, 6.07) is 49.3. The smallest absolute Gasteiger partial charge is 0.319 e. The van der Waals surface area contributed by atoms with Crippen LogP contribution in [0.15, 0.2) is 144 Å². The first kappa shape index (κ1) is 31.9. The Bertz CT molecular complexity index is 1840. The highest BCUT2D eigenvalue weighted by atomic mass is 28.4. The van der Waals surface area contributed by atoms with Gasteiger partial charge in [0.05, 0.1) is 0 Å². The third-order valence-electron chi connectivity index (χ3n) is 9.63. The molecule has 1 aliphatic carbocycles. The van der Waals surface area contributed by atoms with Crippen LogP contribution in [-0.4, -0.2) is 19.8 Å². The maximum Gasteiger partial charge on any atom is 0.319 e. The fraction of sp³-hybridized carbons (Fsp3) is 0.233. The Morgan fingerprint density at radius 2 is 1.31 bits per heavy atom. The molecule has 5 aromatic carbocycles. The van der Waals surface area contributed by atoms with Crippen LogP contribution in [0.4, 0.5) is 0 Å². The predicted molar refractivity (Wildman–Crippen MR) is 199 cm³/mol. The molecular weight excluding hydrogens is 605 g/mol. The molecule has 1 unspecified atom stereocenters. The number of nitrogens with zero attached hydrogens (tertiary/aromatic N) is 1. The monoisotopic (exact) mass is 648 g/mol. The van der Waals surface area contributed by atoms with Gasteiger partial charge in [0.25, 0.3) is 0 Å². The van der Waals surface area contributed by atoms with Gasteiger partial charge in [0.15, 0.2) is 11.7 Å². The van der Waals surface area contributed by atoms with Crippen LogP contribution in [0.5, 0.6) is 5.75 Å². The fourth-order valence-corrected chi connectivity index (χ4v) is 11.8. The maximum absolute atomic E-state index is 7.55. The predicted octanol–water partition coefficient (Wildman–Crippen LogP) is 9.16. The van der Waals surface area contributed by atoms with Crippen molar-refractivity contribution < 1.29 is 8.84 Å². The quantitative estimate of drug-likeness (QED) is 0.151. The van der Waals surface area contributed by atoms with Gasteiger partial charge in [-0.2, -0.15) is 0 Å². The maximum atomic E-state index is 7.55. The summed E-state index contributed by atoms with van der Waals surface area (Å²) in [6.07, 6.45) is 3.92. The topological polar surface area (TPSA) is 47.3 Å². The van der Waals surface area contributed by atoms with E-state index in [0.717, 1.165) is 60.0 Å². The lowest BCUT2D eigenvalue weighted by Gasteiger charge is -2.44. The summed E-state index contributed by atoms with van der Waals surface area (Å²) >= 11 is 0. The second-order valence-corrected chi connectivity index (χ2v) is 18.0. The molecule has 242 valence electrons. The van der Waals surface area contributed by atoms with Crippen LogP contribution in [0, 0.1) is 0 Å². The molecule has 1 N–H and O–H groups in total. The molecule has 1 heterocycles. The van der Waals surface area contributed by atoms with Crippen LogP contribution in [0.25, 0.3) is 22.6 Å². The van der Waals surface area contributed by atoms with Gasteiger partial charge in [-0.15, -0.1) is 0 Å². The summed E-state index contributed by atoms with van der Waals surface area (Å²) in [6.45, 7) is 7.79. The van der Waals surface area contributed by atoms with Crippen LogP contribution in [0.2, 0.25) is 5.04 Å². The largest absolute Gasteiger partial charge is 0.534 e. The van der Waals surface area contributed by atoms with Crippen molar-refractivity contribution in [1.29, 1.82) is 0 Å². The van der Waals surface area contributed by atoms with E-state index in [1.165, 1.54) is 21.5 Å². The first-order valence-corrected chi connectivity index (χ1v) is 19.1. The van der Waals surface area contributed by atoms with Gasteiger partial charge < -0.3 is 14.2 Å². The van der Waals surface area contributed by atoms with E-state index >= 15 is 0 Å². The normalized spacial score (nSPS) is 14.8. The molecule has 1 aliphatic rings. The lowest BCUT2D eigenvalue weighted by molar-refractivity contribution is 0.431. The standard InChI is InChI=1S/C43H44N2O2Si/c1-43(2,3)48(34-22-12-6-13-23-34,35-24-14-7-15-25-35)47-39-29-17-26-36-37(39)27-16-28-38(36)44-31-30-40-45-41(32-18-8-4-9-19-32)42(46-40)33-20-10-5-11-21-33/h4-15,17-26,29,38,44H,16,27-28,30-31H2,1-3H3. The number of aromatic nitrogens is 1. The van der Waals surface area contributed by atoms with Crippen molar-refractivity contribution in [1.82, 2.24) is 10.3 Å². The minimum atomic E-state index is -2.74. The molecule has 0 radical (unpaired) electrons. The van der Waals surface area contributed by atoms with Gasteiger partial charge in [0.1, 0.15) is 11.4 Å². The Hall–Kier alpha value is -4.71. The minimum absolute atomic E-state index is 0.0992. The molecule has 4 nitrogen and oxygen atoms in total. The van der Waals surface area contributed by atoms with Crippen molar-refractivity contribution in [3.8, 4) is 28.3 Å². The molecule has 0 bridgehead atoms. The van der Waals surface area contributed by atoms with Crippen LogP contribution < -0.4 is 20.1 Å². The summed E-state index contributed by atoms with van der Waals surface area (Å²) in [5.74, 6) is 2.60. The number of hydrogen-bond acceptors (Lipinski definition) is 4. The zero-order chi connectivity index (χ0) is 33.0. The number of nitrogens with one attached hydrogen (secondary N) is 1. The fourth-order valence-electron chi connectivity index (χ4n) is 7.34. The van der Waals surface area contributed by atoms with E-state index in [0.29, 0.717) is 6.42 Å². The van der Waals surface area contributed by atoms with Gasteiger partial charge in [-0.3, -0.25) is 0 Å². The minimum Gasteiger partial charge on any atom is -0.534 e. The molecule has 48 heavy (non-hydrogen) atoms. The Morgan fingerprint density at radius 1 is 0.729 bits per heavy atom. The van der Waals surface area contributed by atoms with Crippen molar-refractivity contribution in [2.75, 3.05) is 6.54 Å². The van der Waals surface area contributed by atoms with Crippen molar-refractivity contribution >= 4 is 18.7 Å². The van der Waals surface area contributed by atoms with Crippen molar-refractivity contribution in [3.63, 3.8) is 0 Å². The SMILES string of the molecule is CC(C)(C)[Si](Oc1cccc2c1CCCC2NCCc1nc(-c2ccccc2)c(-c2ccccc2)o1)(c1ccccc1)c1ccccc1. The highest BCUT2D eigenvalue weighted by molar-refractivity contribution is 7.00. The van der Waals surface area contributed by atoms with Gasteiger partial charge in [0.2, 0.25) is 0 Å². The molecule has 7 rings (SSSR count). The zero-order valence-electron chi connectivity index (χ0n) is 28.2. The van der Waals surface area contributed by atoms with Gasteiger partial charge in [0, 0.05) is 30.1 Å². The number of rotatable bonds is 10. The van der Waals surface area contributed by atoms with Gasteiger partial charge >= 0.3 is 8.32 Å².